The molecule has 0 fully saturated rings. The van der Waals surface area contributed by atoms with Gasteiger partial charge in [0.1, 0.15) is 11.4 Å². The lowest BCUT2D eigenvalue weighted by atomic mass is 9.99. The summed E-state index contributed by atoms with van der Waals surface area (Å²) in [5.41, 5.74) is 2.78. The van der Waals surface area contributed by atoms with Gasteiger partial charge >= 0.3 is 6.36 Å². The molecule has 9 heteroatoms. The topological polar surface area (TPSA) is 67.9 Å². The van der Waals surface area contributed by atoms with Gasteiger partial charge in [-0.1, -0.05) is 24.3 Å². The summed E-state index contributed by atoms with van der Waals surface area (Å²) >= 11 is 0. The average molecular weight is 434 g/mol. The highest BCUT2D eigenvalue weighted by molar-refractivity contribution is 6.36. The molecule has 164 valence electrons. The highest BCUT2D eigenvalue weighted by Gasteiger charge is 2.39. The molecule has 0 spiro atoms. The first kappa shape index (κ1) is 22.4. The number of halogens is 3. The summed E-state index contributed by atoms with van der Waals surface area (Å²) in [7, 11) is 1.45. The van der Waals surface area contributed by atoms with Gasteiger partial charge in [0, 0.05) is 18.9 Å². The molecule has 0 unspecified atom stereocenters. The van der Waals surface area contributed by atoms with Crippen LogP contribution in [0.15, 0.2) is 48.2 Å². The van der Waals surface area contributed by atoms with Crippen LogP contribution in [0.2, 0.25) is 0 Å². The number of methoxy groups -OCH3 is 1. The number of hydrogen-bond donors (Lipinski definition) is 1. The normalized spacial score (nSPS) is 14.5. The number of carbonyl (C=O) groups excluding carboxylic acids is 2. The van der Waals surface area contributed by atoms with E-state index in [0.29, 0.717) is 5.56 Å². The Morgan fingerprint density at radius 3 is 2.39 bits per heavy atom. The molecular weight excluding hydrogens is 413 g/mol. The number of carbonyl (C=O) groups is 2. The molecule has 2 aromatic carbocycles. The Labute approximate surface area is 177 Å². The van der Waals surface area contributed by atoms with Crippen LogP contribution in [0.1, 0.15) is 16.7 Å². The third kappa shape index (κ3) is 5.05. The second-order valence-electron chi connectivity index (χ2n) is 7.00. The number of nitrogens with zero attached hydrogens (tertiary/aromatic N) is 1. The fourth-order valence-electron chi connectivity index (χ4n) is 3.16. The number of hydrogen-bond acceptors (Lipinski definition) is 5. The van der Waals surface area contributed by atoms with Crippen molar-refractivity contribution in [2.45, 2.75) is 20.2 Å². The smallest absolute Gasteiger partial charge is 0.406 e. The molecule has 2 aromatic rings. The molecule has 0 aromatic heterocycles. The predicted molar refractivity (Wildman–Crippen MR) is 108 cm³/mol. The van der Waals surface area contributed by atoms with E-state index >= 15 is 0 Å². The van der Waals surface area contributed by atoms with E-state index in [9.17, 15) is 22.8 Å². The zero-order valence-electron chi connectivity index (χ0n) is 17.2. The summed E-state index contributed by atoms with van der Waals surface area (Å²) in [5, 5.41) is 2.82. The number of nitrogens with one attached hydrogen (secondary N) is 1. The van der Waals surface area contributed by atoms with Gasteiger partial charge in [-0.25, -0.2) is 0 Å². The molecule has 0 radical (unpaired) electrons. The summed E-state index contributed by atoms with van der Waals surface area (Å²) < 4.78 is 46.6. The number of aryl methyl sites for hydroxylation is 2. The first-order chi connectivity index (χ1) is 14.6. The number of amides is 2. The van der Waals surface area contributed by atoms with Gasteiger partial charge in [0.05, 0.1) is 18.7 Å². The zero-order valence-corrected chi connectivity index (χ0v) is 17.2. The van der Waals surface area contributed by atoms with Gasteiger partial charge in [-0.3, -0.25) is 14.5 Å². The Morgan fingerprint density at radius 2 is 1.74 bits per heavy atom. The van der Waals surface area contributed by atoms with E-state index in [1.54, 1.807) is 12.1 Å². The molecule has 1 aliphatic rings. The van der Waals surface area contributed by atoms with Crippen LogP contribution in [-0.4, -0.2) is 43.3 Å². The van der Waals surface area contributed by atoms with Crippen LogP contribution in [0, 0.1) is 13.8 Å². The van der Waals surface area contributed by atoms with Crippen molar-refractivity contribution in [3.05, 3.63) is 64.9 Å². The maximum Gasteiger partial charge on any atom is 0.573 e. The lowest BCUT2D eigenvalue weighted by Crippen LogP contribution is -2.35. The van der Waals surface area contributed by atoms with Gasteiger partial charge in [0.2, 0.25) is 0 Å². The van der Waals surface area contributed by atoms with Crippen molar-refractivity contribution in [3.8, 4) is 5.75 Å². The van der Waals surface area contributed by atoms with Crippen molar-refractivity contribution in [1.82, 2.24) is 4.90 Å². The van der Waals surface area contributed by atoms with Crippen molar-refractivity contribution < 1.29 is 32.2 Å². The third-order valence-corrected chi connectivity index (χ3v) is 4.82. The second kappa shape index (κ2) is 8.81. The Hall–Kier alpha value is -3.33. The fraction of sp³-hybridized carbons (Fsp3) is 0.273. The van der Waals surface area contributed by atoms with Crippen molar-refractivity contribution in [3.63, 3.8) is 0 Å². The highest BCUT2D eigenvalue weighted by Crippen LogP contribution is 2.32. The number of ether oxygens (including phenoxy) is 2. The molecule has 0 saturated carbocycles. The zero-order chi connectivity index (χ0) is 22.8. The number of alkyl halides is 3. The van der Waals surface area contributed by atoms with Gasteiger partial charge in [0.25, 0.3) is 11.8 Å². The monoisotopic (exact) mass is 434 g/mol. The standard InChI is InChI=1S/C22H21F3N2O4/c1-13-7-8-15(11-14(13)2)18-19(21(29)27(20(18)28)9-10-30-3)26-16-5-4-6-17(12-16)31-22(23,24)25/h4-8,11-12,26H,9-10H2,1-3H3. The summed E-state index contributed by atoms with van der Waals surface area (Å²) in [4.78, 5) is 27.1. The van der Waals surface area contributed by atoms with Crippen molar-refractivity contribution in [2.75, 3.05) is 25.6 Å². The molecule has 0 aliphatic carbocycles. The lowest BCUT2D eigenvalue weighted by Gasteiger charge is -2.15. The van der Waals surface area contributed by atoms with Crippen LogP contribution in [0.5, 0.6) is 5.75 Å². The molecule has 2 amide bonds. The molecule has 1 aliphatic heterocycles. The molecule has 1 heterocycles. The third-order valence-electron chi connectivity index (χ3n) is 4.82. The van der Waals surface area contributed by atoms with E-state index in [1.807, 2.05) is 19.9 Å². The van der Waals surface area contributed by atoms with E-state index < -0.39 is 23.9 Å². The summed E-state index contributed by atoms with van der Waals surface area (Å²) in [5.74, 6) is -1.54. The Morgan fingerprint density at radius 1 is 1.00 bits per heavy atom. The van der Waals surface area contributed by atoms with Crippen molar-refractivity contribution in [2.24, 2.45) is 0 Å². The van der Waals surface area contributed by atoms with E-state index in [1.165, 1.54) is 19.2 Å². The molecule has 0 bridgehead atoms. The molecular formula is C22H21F3N2O4. The number of imide groups is 1. The molecule has 1 N–H and O–H groups in total. The SMILES string of the molecule is COCCN1C(=O)C(Nc2cccc(OC(F)(F)F)c2)=C(c2ccc(C)c(C)c2)C1=O. The van der Waals surface area contributed by atoms with Crippen LogP contribution in [-0.2, 0) is 14.3 Å². The van der Waals surface area contributed by atoms with Gasteiger partial charge in [0.15, 0.2) is 0 Å². The first-order valence-electron chi connectivity index (χ1n) is 9.40. The van der Waals surface area contributed by atoms with Gasteiger partial charge in [-0.05, 0) is 42.7 Å². The molecule has 0 atom stereocenters. The first-order valence-corrected chi connectivity index (χ1v) is 9.40. The number of benzene rings is 2. The van der Waals surface area contributed by atoms with E-state index in [0.717, 1.165) is 28.2 Å². The number of rotatable bonds is 7. The summed E-state index contributed by atoms with van der Waals surface area (Å²) in [6, 6.07) is 10.4. The van der Waals surface area contributed by atoms with Crippen LogP contribution >= 0.6 is 0 Å². The minimum Gasteiger partial charge on any atom is -0.406 e. The van der Waals surface area contributed by atoms with E-state index in [2.05, 4.69) is 10.1 Å². The van der Waals surface area contributed by atoms with Crippen LogP contribution in [0.4, 0.5) is 18.9 Å². The lowest BCUT2D eigenvalue weighted by molar-refractivity contribution is -0.274. The van der Waals surface area contributed by atoms with Crippen molar-refractivity contribution in [1.29, 1.82) is 0 Å². The average Bonchev–Trinajstić information content (AvgIpc) is 2.91. The van der Waals surface area contributed by atoms with Crippen molar-refractivity contribution >= 4 is 23.1 Å². The fourth-order valence-corrected chi connectivity index (χ4v) is 3.16. The Bertz CT molecular complexity index is 1050. The van der Waals surface area contributed by atoms with Gasteiger partial charge < -0.3 is 14.8 Å². The predicted octanol–water partition coefficient (Wildman–Crippen LogP) is 4.04. The van der Waals surface area contributed by atoms with E-state index in [-0.39, 0.29) is 30.1 Å². The Balaban J connectivity index is 2.02. The summed E-state index contributed by atoms with van der Waals surface area (Å²) in [6.07, 6.45) is -4.85. The maximum atomic E-state index is 13.1. The quantitative estimate of drug-likeness (QED) is 0.667. The van der Waals surface area contributed by atoms with Crippen LogP contribution in [0.25, 0.3) is 5.57 Å². The molecule has 6 nitrogen and oxygen atoms in total. The molecule has 0 saturated heterocycles. The molecule has 31 heavy (non-hydrogen) atoms. The highest BCUT2D eigenvalue weighted by atomic mass is 19.4. The molecule has 3 rings (SSSR count). The Kier molecular flexibility index (Phi) is 6.35. The van der Waals surface area contributed by atoms with Gasteiger partial charge in [-0.15, -0.1) is 13.2 Å². The van der Waals surface area contributed by atoms with Crippen LogP contribution in [0.3, 0.4) is 0 Å². The largest absolute Gasteiger partial charge is 0.573 e. The van der Waals surface area contributed by atoms with Crippen LogP contribution < -0.4 is 10.1 Å². The maximum absolute atomic E-state index is 13.1. The van der Waals surface area contributed by atoms with Gasteiger partial charge in [-0.2, -0.15) is 0 Å². The minimum absolute atomic E-state index is 0.0199. The second-order valence-corrected chi connectivity index (χ2v) is 7.00. The number of anilines is 1. The minimum atomic E-state index is -4.85. The summed E-state index contributed by atoms with van der Waals surface area (Å²) in [6.45, 7) is 4.00. The van der Waals surface area contributed by atoms with E-state index in [4.69, 9.17) is 4.74 Å².